The average Bonchev–Trinajstić information content (AvgIpc) is 2.79. The summed E-state index contributed by atoms with van der Waals surface area (Å²) in [5, 5.41) is 3.98. The van der Waals surface area contributed by atoms with Crippen LogP contribution in [0.25, 0.3) is 10.9 Å². The second-order valence-corrected chi connectivity index (χ2v) is 5.78. The zero-order chi connectivity index (χ0) is 14.7. The highest BCUT2D eigenvalue weighted by atomic mass is 16.1. The van der Waals surface area contributed by atoms with Crippen LogP contribution in [0.5, 0.6) is 0 Å². The number of benzene rings is 1. The molecule has 1 aromatic carbocycles. The predicted molar refractivity (Wildman–Crippen MR) is 86.0 cm³/mol. The third-order valence-corrected chi connectivity index (χ3v) is 4.28. The molecule has 3 N–H and O–H groups in total. The Hall–Kier alpha value is -2.10. The maximum absolute atomic E-state index is 12.5. The van der Waals surface area contributed by atoms with Gasteiger partial charge in [-0.1, -0.05) is 25.7 Å². The van der Waals surface area contributed by atoms with E-state index in [1.807, 2.05) is 18.2 Å². The minimum atomic E-state index is 0.131. The van der Waals surface area contributed by atoms with Crippen LogP contribution in [0.2, 0.25) is 0 Å². The van der Waals surface area contributed by atoms with E-state index in [4.69, 9.17) is 5.73 Å². The summed E-state index contributed by atoms with van der Waals surface area (Å²) in [5.41, 5.74) is 8.13. The molecular weight excluding hydrogens is 262 g/mol. The summed E-state index contributed by atoms with van der Waals surface area (Å²) < 4.78 is 0. The Morgan fingerprint density at radius 1 is 1.14 bits per heavy atom. The number of aromatic nitrogens is 1. The summed E-state index contributed by atoms with van der Waals surface area (Å²) in [4.78, 5) is 16.8. The van der Waals surface area contributed by atoms with Gasteiger partial charge in [0.25, 0.3) is 0 Å². The fraction of sp³-hybridized carbons (Fsp3) is 0.412. The van der Waals surface area contributed by atoms with Crippen LogP contribution in [-0.2, 0) is 4.79 Å². The number of nitrogens with one attached hydrogen (secondary N) is 1. The van der Waals surface area contributed by atoms with Crippen molar-refractivity contribution in [3.63, 3.8) is 0 Å². The highest BCUT2D eigenvalue weighted by Crippen LogP contribution is 2.29. The largest absolute Gasteiger partial charge is 0.397 e. The molecule has 1 saturated carbocycles. The molecule has 110 valence electrons. The lowest BCUT2D eigenvalue weighted by molar-refractivity contribution is -0.120. The summed E-state index contributed by atoms with van der Waals surface area (Å²) >= 11 is 0. The molecule has 0 spiro atoms. The van der Waals surface area contributed by atoms with Gasteiger partial charge in [0.05, 0.1) is 16.9 Å². The number of pyridine rings is 1. The molecule has 4 nitrogen and oxygen atoms in total. The molecule has 1 aliphatic carbocycles. The molecule has 1 heterocycles. The highest BCUT2D eigenvalue weighted by molar-refractivity contribution is 6.04. The molecule has 1 aromatic heterocycles. The molecule has 1 fully saturated rings. The van der Waals surface area contributed by atoms with Crippen molar-refractivity contribution in [3.05, 3.63) is 30.5 Å². The van der Waals surface area contributed by atoms with E-state index in [9.17, 15) is 4.79 Å². The standard InChI is InChI=1S/C17H21N3O/c18-14-9-10-15(13-8-5-11-19-16(13)14)20-17(21)12-6-3-1-2-4-7-12/h5,8-12H,1-4,6-7,18H2,(H,20,21). The summed E-state index contributed by atoms with van der Waals surface area (Å²) in [7, 11) is 0. The molecular formula is C17H21N3O. The third-order valence-electron chi connectivity index (χ3n) is 4.28. The number of hydrogen-bond acceptors (Lipinski definition) is 3. The molecule has 4 heteroatoms. The van der Waals surface area contributed by atoms with E-state index in [0.29, 0.717) is 5.69 Å². The topological polar surface area (TPSA) is 68.0 Å². The van der Waals surface area contributed by atoms with E-state index in [0.717, 1.165) is 42.3 Å². The molecule has 2 aromatic rings. The normalized spacial score (nSPS) is 16.6. The first-order valence-corrected chi connectivity index (χ1v) is 7.70. The van der Waals surface area contributed by atoms with Gasteiger partial charge in [-0.25, -0.2) is 0 Å². The van der Waals surface area contributed by atoms with Gasteiger partial charge in [0.1, 0.15) is 0 Å². The number of nitrogen functional groups attached to an aromatic ring is 1. The Balaban J connectivity index is 1.84. The number of carbonyl (C=O) groups excluding carboxylic acids is 1. The average molecular weight is 283 g/mol. The van der Waals surface area contributed by atoms with Crippen molar-refractivity contribution in [2.75, 3.05) is 11.1 Å². The van der Waals surface area contributed by atoms with E-state index >= 15 is 0 Å². The minimum absolute atomic E-state index is 0.131. The van der Waals surface area contributed by atoms with Crippen LogP contribution in [0.15, 0.2) is 30.5 Å². The molecule has 1 amide bonds. The van der Waals surface area contributed by atoms with Crippen LogP contribution in [0, 0.1) is 5.92 Å². The molecule has 3 rings (SSSR count). The predicted octanol–water partition coefficient (Wildman–Crippen LogP) is 3.73. The second-order valence-electron chi connectivity index (χ2n) is 5.78. The van der Waals surface area contributed by atoms with Gasteiger partial charge in [0.15, 0.2) is 0 Å². The van der Waals surface area contributed by atoms with Gasteiger partial charge in [0.2, 0.25) is 5.91 Å². The summed E-state index contributed by atoms with van der Waals surface area (Å²) in [5.74, 6) is 0.267. The van der Waals surface area contributed by atoms with Gasteiger partial charge >= 0.3 is 0 Å². The number of carbonyl (C=O) groups is 1. The number of hydrogen-bond donors (Lipinski definition) is 2. The van der Waals surface area contributed by atoms with E-state index in [2.05, 4.69) is 10.3 Å². The summed E-state index contributed by atoms with van der Waals surface area (Å²) in [6.07, 6.45) is 8.52. The molecule has 0 radical (unpaired) electrons. The quantitative estimate of drug-likeness (QED) is 0.652. The number of fused-ring (bicyclic) bond motifs is 1. The zero-order valence-electron chi connectivity index (χ0n) is 12.1. The van der Waals surface area contributed by atoms with Crippen LogP contribution in [0.3, 0.4) is 0 Å². The lowest BCUT2D eigenvalue weighted by Crippen LogP contribution is -2.22. The third kappa shape index (κ3) is 2.99. The Labute approximate surface area is 124 Å². The van der Waals surface area contributed by atoms with Crippen LogP contribution in [-0.4, -0.2) is 10.9 Å². The van der Waals surface area contributed by atoms with Crippen LogP contribution in [0.4, 0.5) is 11.4 Å². The Kier molecular flexibility index (Phi) is 4.04. The first-order valence-electron chi connectivity index (χ1n) is 7.70. The Bertz CT molecular complexity index is 646. The van der Waals surface area contributed by atoms with Crippen molar-refractivity contribution >= 4 is 28.2 Å². The van der Waals surface area contributed by atoms with E-state index in [1.54, 1.807) is 12.3 Å². The first kappa shape index (κ1) is 13.9. The van der Waals surface area contributed by atoms with E-state index in [-0.39, 0.29) is 11.8 Å². The number of amides is 1. The number of anilines is 2. The Morgan fingerprint density at radius 3 is 2.67 bits per heavy atom. The monoisotopic (exact) mass is 283 g/mol. The number of nitrogens with two attached hydrogens (primary N) is 1. The number of nitrogens with zero attached hydrogens (tertiary/aromatic N) is 1. The van der Waals surface area contributed by atoms with Gasteiger partial charge in [-0.05, 0) is 37.1 Å². The van der Waals surface area contributed by atoms with Crippen LogP contribution >= 0.6 is 0 Å². The van der Waals surface area contributed by atoms with E-state index in [1.165, 1.54) is 12.8 Å². The van der Waals surface area contributed by atoms with Gasteiger partial charge < -0.3 is 11.1 Å². The molecule has 0 bridgehead atoms. The van der Waals surface area contributed by atoms with Crippen molar-refractivity contribution in [3.8, 4) is 0 Å². The van der Waals surface area contributed by atoms with Crippen molar-refractivity contribution in [1.29, 1.82) is 0 Å². The molecule has 0 aliphatic heterocycles. The van der Waals surface area contributed by atoms with Gasteiger partial charge in [-0.15, -0.1) is 0 Å². The lowest BCUT2D eigenvalue weighted by Gasteiger charge is -2.15. The maximum atomic E-state index is 12.5. The molecule has 21 heavy (non-hydrogen) atoms. The van der Waals surface area contributed by atoms with Crippen molar-refractivity contribution in [2.24, 2.45) is 5.92 Å². The van der Waals surface area contributed by atoms with Crippen molar-refractivity contribution in [2.45, 2.75) is 38.5 Å². The summed E-state index contributed by atoms with van der Waals surface area (Å²) in [6, 6.07) is 7.48. The smallest absolute Gasteiger partial charge is 0.227 e. The molecule has 0 unspecified atom stereocenters. The summed E-state index contributed by atoms with van der Waals surface area (Å²) in [6.45, 7) is 0. The zero-order valence-corrected chi connectivity index (χ0v) is 12.1. The highest BCUT2D eigenvalue weighted by Gasteiger charge is 2.20. The minimum Gasteiger partial charge on any atom is -0.397 e. The molecule has 1 aliphatic rings. The fourth-order valence-corrected chi connectivity index (χ4v) is 3.08. The van der Waals surface area contributed by atoms with Gasteiger partial charge in [0, 0.05) is 17.5 Å². The number of rotatable bonds is 2. The fourth-order valence-electron chi connectivity index (χ4n) is 3.08. The van der Waals surface area contributed by atoms with Gasteiger partial charge in [-0.2, -0.15) is 0 Å². The SMILES string of the molecule is Nc1ccc(NC(=O)C2CCCCCC2)c2cccnc12. The second kappa shape index (κ2) is 6.12. The first-order chi connectivity index (χ1) is 10.3. The van der Waals surface area contributed by atoms with Crippen LogP contribution in [0.1, 0.15) is 38.5 Å². The van der Waals surface area contributed by atoms with Crippen LogP contribution < -0.4 is 11.1 Å². The van der Waals surface area contributed by atoms with Crippen molar-refractivity contribution < 1.29 is 4.79 Å². The molecule has 0 atom stereocenters. The Morgan fingerprint density at radius 2 is 1.90 bits per heavy atom. The van der Waals surface area contributed by atoms with Crippen molar-refractivity contribution in [1.82, 2.24) is 4.98 Å². The maximum Gasteiger partial charge on any atom is 0.227 e. The van der Waals surface area contributed by atoms with E-state index < -0.39 is 0 Å². The lowest BCUT2D eigenvalue weighted by atomic mass is 9.99. The molecule has 0 saturated heterocycles. The van der Waals surface area contributed by atoms with Gasteiger partial charge in [-0.3, -0.25) is 9.78 Å².